The maximum absolute atomic E-state index is 12.3. The van der Waals surface area contributed by atoms with Gasteiger partial charge < -0.3 is 20.5 Å². The fourth-order valence-corrected chi connectivity index (χ4v) is 5.97. The van der Waals surface area contributed by atoms with E-state index in [1.807, 2.05) is 12.1 Å². The van der Waals surface area contributed by atoms with Crippen LogP contribution in [0.2, 0.25) is 0 Å². The molecule has 1 aliphatic heterocycles. The Balaban J connectivity index is 1.43. The van der Waals surface area contributed by atoms with Crippen molar-refractivity contribution in [1.29, 1.82) is 0 Å². The van der Waals surface area contributed by atoms with E-state index in [2.05, 4.69) is 15.4 Å². The molecule has 1 saturated carbocycles. The Labute approximate surface area is 173 Å². The zero-order valence-corrected chi connectivity index (χ0v) is 16.6. The average Bonchev–Trinajstić information content (AvgIpc) is 2.70. The Hall–Kier alpha value is -2.41. The molecule has 0 spiro atoms. The Morgan fingerprint density at radius 3 is 2.67 bits per heavy atom. The molecule has 1 heterocycles. The summed E-state index contributed by atoms with van der Waals surface area (Å²) in [6, 6.07) is 9.94. The average molecular weight is 418 g/mol. The molecule has 0 radical (unpaired) electrons. The lowest BCUT2D eigenvalue weighted by Crippen LogP contribution is -2.59. The molecule has 0 amide bonds. The van der Waals surface area contributed by atoms with Gasteiger partial charge in [0.2, 0.25) is 0 Å². The van der Waals surface area contributed by atoms with E-state index in [4.69, 9.17) is 0 Å². The Morgan fingerprint density at radius 1 is 1.10 bits per heavy atom. The van der Waals surface area contributed by atoms with Crippen molar-refractivity contribution >= 4 is 11.4 Å². The van der Waals surface area contributed by atoms with E-state index < -0.39 is 6.36 Å². The number of halogens is 3. The molecule has 2 aliphatic carbocycles. The number of rotatable bonds is 3. The van der Waals surface area contributed by atoms with Gasteiger partial charge in [0.05, 0.1) is 5.69 Å². The Morgan fingerprint density at radius 2 is 1.90 bits per heavy atom. The molecule has 3 N–H and O–H groups in total. The first-order valence-corrected chi connectivity index (χ1v) is 10.6. The van der Waals surface area contributed by atoms with Crippen LogP contribution in [0.1, 0.15) is 43.2 Å². The third-order valence-corrected chi connectivity index (χ3v) is 7.13. The summed E-state index contributed by atoms with van der Waals surface area (Å²) in [6.07, 6.45) is 2.26. The van der Waals surface area contributed by atoms with Crippen molar-refractivity contribution in [3.63, 3.8) is 0 Å². The minimum absolute atomic E-state index is 0.161. The van der Waals surface area contributed by atoms with Gasteiger partial charge in [-0.05, 0) is 85.7 Å². The van der Waals surface area contributed by atoms with Crippen molar-refractivity contribution in [2.75, 3.05) is 11.9 Å². The number of alkyl halides is 3. The van der Waals surface area contributed by atoms with E-state index in [-0.39, 0.29) is 16.9 Å². The van der Waals surface area contributed by atoms with Crippen LogP contribution in [0, 0.1) is 5.92 Å². The van der Waals surface area contributed by atoms with Crippen molar-refractivity contribution < 1.29 is 23.0 Å². The highest BCUT2D eigenvalue weighted by Gasteiger charge is 2.51. The summed E-state index contributed by atoms with van der Waals surface area (Å²) >= 11 is 0. The SMILES string of the molecule is Oc1cc2c(cc1Nc1ccc(OC(F)(F)F)cc1)C[C@@H]1NCC[C@]23CCCC[C@H]13. The molecule has 3 atom stereocenters. The maximum Gasteiger partial charge on any atom is 0.573 e. The van der Waals surface area contributed by atoms with Gasteiger partial charge in [0.25, 0.3) is 0 Å². The number of hydrogen-bond donors (Lipinski definition) is 3. The molecule has 2 aromatic carbocycles. The molecular weight excluding hydrogens is 393 g/mol. The number of benzene rings is 2. The molecule has 0 unspecified atom stereocenters. The van der Waals surface area contributed by atoms with Gasteiger partial charge in [0, 0.05) is 17.1 Å². The largest absolute Gasteiger partial charge is 0.573 e. The van der Waals surface area contributed by atoms with E-state index in [0.29, 0.717) is 23.3 Å². The van der Waals surface area contributed by atoms with Crippen LogP contribution in [0.25, 0.3) is 0 Å². The standard InChI is InChI=1S/C23H25F3N2O2/c24-23(25,26)30-16-6-4-15(5-7-16)28-20-12-14-11-19-17-3-1-2-8-22(17,9-10-27-19)18(14)13-21(20)29/h4-7,12-13,17,19,27-29H,1-3,8-11H2/t17-,19+,22+/m1/s1. The van der Waals surface area contributed by atoms with E-state index in [1.165, 1.54) is 61.1 Å². The summed E-state index contributed by atoms with van der Waals surface area (Å²) in [6.45, 7) is 1.02. The molecule has 1 saturated heterocycles. The number of phenols is 1. The van der Waals surface area contributed by atoms with Gasteiger partial charge in [-0.2, -0.15) is 0 Å². The van der Waals surface area contributed by atoms with Gasteiger partial charge in [-0.25, -0.2) is 0 Å². The topological polar surface area (TPSA) is 53.5 Å². The highest BCUT2D eigenvalue weighted by molar-refractivity contribution is 5.69. The highest BCUT2D eigenvalue weighted by atomic mass is 19.4. The first-order chi connectivity index (χ1) is 14.3. The highest BCUT2D eigenvalue weighted by Crippen LogP contribution is 2.55. The van der Waals surface area contributed by atoms with Gasteiger partial charge >= 0.3 is 6.36 Å². The third kappa shape index (κ3) is 3.39. The number of piperidine rings is 1. The summed E-state index contributed by atoms with van der Waals surface area (Å²) in [5.41, 5.74) is 3.86. The lowest BCUT2D eigenvalue weighted by Gasteiger charge is -2.56. The number of ether oxygens (including phenoxy) is 1. The predicted molar refractivity (Wildman–Crippen MR) is 108 cm³/mol. The predicted octanol–water partition coefficient (Wildman–Crippen LogP) is 5.38. The van der Waals surface area contributed by atoms with Crippen LogP contribution in [0.4, 0.5) is 24.5 Å². The van der Waals surface area contributed by atoms with Crippen LogP contribution >= 0.6 is 0 Å². The maximum atomic E-state index is 12.3. The van der Waals surface area contributed by atoms with Gasteiger partial charge in [-0.3, -0.25) is 0 Å². The van der Waals surface area contributed by atoms with Gasteiger partial charge in [0.15, 0.2) is 0 Å². The summed E-state index contributed by atoms with van der Waals surface area (Å²) in [5, 5.41) is 17.6. The molecule has 5 rings (SSSR count). The van der Waals surface area contributed by atoms with Crippen LogP contribution in [0.5, 0.6) is 11.5 Å². The molecule has 4 nitrogen and oxygen atoms in total. The number of anilines is 2. The van der Waals surface area contributed by atoms with Crippen molar-refractivity contribution in [2.45, 2.75) is 56.3 Å². The van der Waals surface area contributed by atoms with Crippen molar-refractivity contribution in [3.05, 3.63) is 47.5 Å². The zero-order chi connectivity index (χ0) is 20.9. The molecule has 2 fully saturated rings. The van der Waals surface area contributed by atoms with Crippen molar-refractivity contribution in [3.8, 4) is 11.5 Å². The first kappa shape index (κ1) is 19.5. The number of fused-ring (bicyclic) bond motifs is 1. The minimum Gasteiger partial charge on any atom is -0.506 e. The van der Waals surface area contributed by atoms with Gasteiger partial charge in [0.1, 0.15) is 11.5 Å². The fraction of sp³-hybridized carbons (Fsp3) is 0.478. The molecule has 2 bridgehead atoms. The molecule has 160 valence electrons. The van der Waals surface area contributed by atoms with Crippen LogP contribution in [-0.4, -0.2) is 24.1 Å². The minimum atomic E-state index is -4.71. The molecule has 30 heavy (non-hydrogen) atoms. The van der Waals surface area contributed by atoms with E-state index in [9.17, 15) is 18.3 Å². The smallest absolute Gasteiger partial charge is 0.506 e. The Kier molecular flexibility index (Phi) is 4.61. The molecule has 7 heteroatoms. The number of nitrogens with one attached hydrogen (secondary N) is 2. The van der Waals surface area contributed by atoms with Gasteiger partial charge in [-0.15, -0.1) is 13.2 Å². The normalized spacial score (nSPS) is 27.7. The lowest BCUT2D eigenvalue weighted by atomic mass is 9.53. The summed E-state index contributed by atoms with van der Waals surface area (Å²) < 4.78 is 40.9. The quantitative estimate of drug-likeness (QED) is 0.586. The number of aromatic hydroxyl groups is 1. The molecule has 3 aliphatic rings. The van der Waals surface area contributed by atoms with Crippen LogP contribution in [0.3, 0.4) is 0 Å². The monoisotopic (exact) mass is 418 g/mol. The second kappa shape index (κ2) is 7.08. The number of phenolic OH excluding ortho intramolecular Hbond substituents is 1. The van der Waals surface area contributed by atoms with Crippen molar-refractivity contribution in [1.82, 2.24) is 5.32 Å². The van der Waals surface area contributed by atoms with Crippen molar-refractivity contribution in [2.24, 2.45) is 5.92 Å². The molecule has 0 aromatic heterocycles. The summed E-state index contributed by atoms with van der Waals surface area (Å²) in [5.74, 6) is 0.538. The second-order valence-electron chi connectivity index (χ2n) is 8.75. The molecule has 2 aromatic rings. The molecular formula is C23H25F3N2O2. The fourth-order valence-electron chi connectivity index (χ4n) is 5.97. The van der Waals surface area contributed by atoms with Crippen LogP contribution in [0.15, 0.2) is 36.4 Å². The van der Waals surface area contributed by atoms with E-state index in [1.54, 1.807) is 0 Å². The Bertz CT molecular complexity index is 941. The van der Waals surface area contributed by atoms with Gasteiger partial charge in [-0.1, -0.05) is 12.8 Å². The third-order valence-electron chi connectivity index (χ3n) is 7.13. The zero-order valence-electron chi connectivity index (χ0n) is 16.6. The van der Waals surface area contributed by atoms with Crippen LogP contribution < -0.4 is 15.4 Å². The van der Waals surface area contributed by atoms with Crippen LogP contribution in [-0.2, 0) is 11.8 Å². The van der Waals surface area contributed by atoms with E-state index in [0.717, 1.165) is 19.4 Å². The first-order valence-electron chi connectivity index (χ1n) is 10.6. The number of hydrogen-bond acceptors (Lipinski definition) is 4. The summed E-state index contributed by atoms with van der Waals surface area (Å²) in [4.78, 5) is 0. The lowest BCUT2D eigenvalue weighted by molar-refractivity contribution is -0.274. The van der Waals surface area contributed by atoms with E-state index >= 15 is 0 Å². The second-order valence-corrected chi connectivity index (χ2v) is 8.75. The summed E-state index contributed by atoms with van der Waals surface area (Å²) in [7, 11) is 0.